The maximum Gasteiger partial charge on any atom is 0.255 e. The number of nitrogens with two attached hydrogens (primary N) is 1. The van der Waals surface area contributed by atoms with Crippen molar-refractivity contribution in [3.8, 4) is 0 Å². The van der Waals surface area contributed by atoms with E-state index in [1.54, 1.807) is 17.0 Å². The molecule has 2 atom stereocenters. The predicted octanol–water partition coefficient (Wildman–Crippen LogP) is 4.70. The first-order valence-electron chi connectivity index (χ1n) is 9.56. The Morgan fingerprint density at radius 1 is 0.966 bits per heavy atom. The first kappa shape index (κ1) is 19.2. The van der Waals surface area contributed by atoms with Gasteiger partial charge in [-0.1, -0.05) is 66.2 Å². The first-order valence-corrected chi connectivity index (χ1v) is 9.94. The summed E-state index contributed by atoms with van der Waals surface area (Å²) in [6.45, 7) is 0. The van der Waals surface area contributed by atoms with E-state index < -0.39 is 11.9 Å². The van der Waals surface area contributed by atoms with Gasteiger partial charge in [-0.15, -0.1) is 0 Å². The number of primary amides is 1. The summed E-state index contributed by atoms with van der Waals surface area (Å²) in [5.41, 5.74) is 9.17. The molecule has 0 unspecified atom stereocenters. The minimum atomic E-state index is -0.876. The van der Waals surface area contributed by atoms with Crippen LogP contribution in [0.3, 0.4) is 0 Å². The van der Waals surface area contributed by atoms with Crippen LogP contribution in [-0.2, 0) is 11.2 Å². The fourth-order valence-electron chi connectivity index (χ4n) is 4.11. The molecule has 5 heteroatoms. The van der Waals surface area contributed by atoms with Crippen LogP contribution in [0.15, 0.2) is 78.9 Å². The summed E-state index contributed by atoms with van der Waals surface area (Å²) in [5, 5.41) is 0.609. The van der Waals surface area contributed by atoms with Crippen molar-refractivity contribution in [3.05, 3.63) is 106 Å². The topological polar surface area (TPSA) is 63.4 Å². The molecule has 2 N–H and O–H groups in total. The number of carbonyl (C=O) groups is 2. The summed E-state index contributed by atoms with van der Waals surface area (Å²) in [6, 6.07) is 22.8. The molecule has 0 radical (unpaired) electrons. The van der Waals surface area contributed by atoms with E-state index in [9.17, 15) is 9.59 Å². The number of benzene rings is 3. The highest BCUT2D eigenvalue weighted by atomic mass is 35.5. The quantitative estimate of drug-likeness (QED) is 0.670. The first-order chi connectivity index (χ1) is 14.1. The molecule has 146 valence electrons. The van der Waals surface area contributed by atoms with Crippen molar-refractivity contribution < 1.29 is 9.59 Å². The number of carbonyl (C=O) groups excluding carboxylic acids is 2. The molecule has 29 heavy (non-hydrogen) atoms. The molecular formula is C24H21ClN2O2. The molecular weight excluding hydrogens is 384 g/mol. The Labute approximate surface area is 174 Å². The Kier molecular flexibility index (Phi) is 5.36. The summed E-state index contributed by atoms with van der Waals surface area (Å²) in [7, 11) is 0. The number of amides is 2. The van der Waals surface area contributed by atoms with Crippen molar-refractivity contribution in [1.82, 2.24) is 4.90 Å². The minimum Gasteiger partial charge on any atom is -0.368 e. The van der Waals surface area contributed by atoms with Crippen molar-refractivity contribution >= 4 is 23.4 Å². The van der Waals surface area contributed by atoms with Gasteiger partial charge in [-0.3, -0.25) is 9.59 Å². The van der Waals surface area contributed by atoms with Gasteiger partial charge in [-0.05, 0) is 53.8 Å². The predicted molar refractivity (Wildman–Crippen MR) is 114 cm³/mol. The lowest BCUT2D eigenvalue weighted by molar-refractivity contribution is -0.123. The Hall–Kier alpha value is -3.11. The fourth-order valence-corrected chi connectivity index (χ4v) is 4.29. The van der Waals surface area contributed by atoms with Crippen LogP contribution in [0.4, 0.5) is 0 Å². The molecule has 0 heterocycles. The molecule has 1 aliphatic rings. The third-order valence-corrected chi connectivity index (χ3v) is 5.64. The average Bonchev–Trinajstić information content (AvgIpc) is 3.15. The van der Waals surface area contributed by atoms with Crippen molar-refractivity contribution in [2.45, 2.75) is 24.9 Å². The maximum absolute atomic E-state index is 13.6. The lowest BCUT2D eigenvalue weighted by Crippen LogP contribution is -2.43. The van der Waals surface area contributed by atoms with Crippen LogP contribution < -0.4 is 5.73 Å². The fraction of sp³-hybridized carbons (Fsp3) is 0.167. The lowest BCUT2D eigenvalue weighted by atomic mass is 9.98. The molecule has 0 saturated carbocycles. The third-order valence-electron chi connectivity index (χ3n) is 5.41. The number of hydrogen-bond acceptors (Lipinski definition) is 2. The van der Waals surface area contributed by atoms with Gasteiger partial charge in [-0.25, -0.2) is 0 Å². The zero-order chi connectivity index (χ0) is 20.4. The van der Waals surface area contributed by atoms with Crippen LogP contribution in [0.2, 0.25) is 5.02 Å². The van der Waals surface area contributed by atoms with Crippen LogP contribution >= 0.6 is 11.6 Å². The summed E-state index contributed by atoms with van der Waals surface area (Å²) in [5.74, 6) is -0.785. The van der Waals surface area contributed by atoms with Crippen LogP contribution in [0.1, 0.15) is 45.6 Å². The van der Waals surface area contributed by atoms with Gasteiger partial charge in [-0.2, -0.15) is 0 Å². The number of fused-ring (bicyclic) bond motifs is 1. The molecule has 0 saturated heterocycles. The summed E-state index contributed by atoms with van der Waals surface area (Å²) >= 11 is 6.25. The van der Waals surface area contributed by atoms with E-state index in [4.69, 9.17) is 17.3 Å². The SMILES string of the molecule is NC(=O)[C@@H](c1ccccc1)N(C(=O)c1ccccc1)[C@@H]1CCc2ccc(Cl)cc21. The van der Waals surface area contributed by atoms with E-state index >= 15 is 0 Å². The normalized spacial score (nSPS) is 16.1. The van der Waals surface area contributed by atoms with Gasteiger partial charge >= 0.3 is 0 Å². The maximum atomic E-state index is 13.6. The molecule has 0 bridgehead atoms. The highest BCUT2D eigenvalue weighted by molar-refractivity contribution is 6.30. The molecule has 4 rings (SSSR count). The molecule has 0 aromatic heterocycles. The van der Waals surface area contributed by atoms with Crippen LogP contribution in [0, 0.1) is 0 Å². The zero-order valence-electron chi connectivity index (χ0n) is 15.8. The summed E-state index contributed by atoms with van der Waals surface area (Å²) < 4.78 is 0. The van der Waals surface area contributed by atoms with E-state index in [1.165, 1.54) is 0 Å². The van der Waals surface area contributed by atoms with Crippen molar-refractivity contribution in [2.24, 2.45) is 5.73 Å². The molecule has 0 spiro atoms. The Bertz CT molecular complexity index is 1040. The van der Waals surface area contributed by atoms with Gasteiger partial charge in [0.2, 0.25) is 5.91 Å². The Morgan fingerprint density at radius 3 is 2.28 bits per heavy atom. The second kappa shape index (κ2) is 8.10. The van der Waals surface area contributed by atoms with Crippen LogP contribution in [0.5, 0.6) is 0 Å². The number of halogens is 1. The second-order valence-electron chi connectivity index (χ2n) is 7.19. The lowest BCUT2D eigenvalue weighted by Gasteiger charge is -2.36. The number of nitrogens with zero attached hydrogens (tertiary/aromatic N) is 1. The standard InChI is InChI=1S/C24H21ClN2O2/c25-19-13-11-16-12-14-21(20(16)15-19)27(24(29)18-9-5-2-6-10-18)22(23(26)28)17-7-3-1-4-8-17/h1-11,13,15,21-22H,12,14H2,(H2,26,28)/t21-,22-/m1/s1. The van der Waals surface area contributed by atoms with Gasteiger partial charge in [0.25, 0.3) is 5.91 Å². The molecule has 3 aromatic rings. The highest BCUT2D eigenvalue weighted by Gasteiger charge is 2.39. The van der Waals surface area contributed by atoms with E-state index in [0.717, 1.165) is 17.5 Å². The third kappa shape index (κ3) is 3.76. The van der Waals surface area contributed by atoms with Gasteiger partial charge in [0, 0.05) is 10.6 Å². The van der Waals surface area contributed by atoms with Crippen molar-refractivity contribution in [2.75, 3.05) is 0 Å². The molecule has 4 nitrogen and oxygen atoms in total. The number of rotatable bonds is 5. The Morgan fingerprint density at radius 2 is 1.62 bits per heavy atom. The molecule has 2 amide bonds. The monoisotopic (exact) mass is 404 g/mol. The Balaban J connectivity index is 1.86. The second-order valence-corrected chi connectivity index (χ2v) is 7.63. The van der Waals surface area contributed by atoms with Crippen LogP contribution in [0.25, 0.3) is 0 Å². The minimum absolute atomic E-state index is 0.226. The summed E-state index contributed by atoms with van der Waals surface area (Å²) in [6.07, 6.45) is 1.53. The molecule has 1 aliphatic carbocycles. The number of hydrogen-bond donors (Lipinski definition) is 1. The molecule has 0 aliphatic heterocycles. The van der Waals surface area contributed by atoms with E-state index in [-0.39, 0.29) is 11.9 Å². The zero-order valence-corrected chi connectivity index (χ0v) is 16.5. The molecule has 3 aromatic carbocycles. The van der Waals surface area contributed by atoms with E-state index in [1.807, 2.05) is 66.7 Å². The van der Waals surface area contributed by atoms with E-state index in [2.05, 4.69) is 0 Å². The largest absolute Gasteiger partial charge is 0.368 e. The van der Waals surface area contributed by atoms with Gasteiger partial charge in [0.05, 0.1) is 6.04 Å². The smallest absolute Gasteiger partial charge is 0.255 e. The summed E-state index contributed by atoms with van der Waals surface area (Å²) in [4.78, 5) is 27.9. The van der Waals surface area contributed by atoms with Gasteiger partial charge in [0.15, 0.2) is 0 Å². The van der Waals surface area contributed by atoms with Gasteiger partial charge < -0.3 is 10.6 Å². The van der Waals surface area contributed by atoms with E-state index in [0.29, 0.717) is 22.6 Å². The van der Waals surface area contributed by atoms with Crippen LogP contribution in [-0.4, -0.2) is 16.7 Å². The van der Waals surface area contributed by atoms with Crippen molar-refractivity contribution in [3.63, 3.8) is 0 Å². The van der Waals surface area contributed by atoms with Crippen molar-refractivity contribution in [1.29, 1.82) is 0 Å². The highest BCUT2D eigenvalue weighted by Crippen LogP contribution is 2.42. The average molecular weight is 405 g/mol. The van der Waals surface area contributed by atoms with Gasteiger partial charge in [0.1, 0.15) is 6.04 Å². The molecule has 0 fully saturated rings. The number of aryl methyl sites for hydroxylation is 1.